The third kappa shape index (κ3) is 2.31. The molecule has 0 aliphatic carbocycles. The van der Waals surface area contributed by atoms with Crippen molar-refractivity contribution in [3.63, 3.8) is 0 Å². The summed E-state index contributed by atoms with van der Waals surface area (Å²) in [7, 11) is 1.74. The number of anilines is 2. The Morgan fingerprint density at radius 2 is 2.38 bits per heavy atom. The molecule has 7 heteroatoms. The van der Waals surface area contributed by atoms with E-state index in [1.807, 2.05) is 0 Å². The second kappa shape index (κ2) is 4.67. The summed E-state index contributed by atoms with van der Waals surface area (Å²) in [5.41, 5.74) is 2.08. The molecule has 82 valence electrons. The number of hydrogen-bond acceptors (Lipinski definition) is 6. The van der Waals surface area contributed by atoms with Gasteiger partial charge in [0, 0.05) is 18.8 Å². The predicted molar refractivity (Wildman–Crippen MR) is 61.6 cm³/mol. The standard InChI is InChI=1S/C9H9N5OS/c1-10-7-4-6(2-3-11-7)8(15)13-9-14-12-5-16-9/h2-5H,1H3,(H,10,11)(H,13,14,15). The molecule has 0 atom stereocenters. The van der Waals surface area contributed by atoms with Gasteiger partial charge in [0.15, 0.2) is 0 Å². The van der Waals surface area contributed by atoms with Gasteiger partial charge in [-0.15, -0.1) is 10.2 Å². The first-order valence-corrected chi connectivity index (χ1v) is 5.39. The molecule has 0 bridgehead atoms. The summed E-state index contributed by atoms with van der Waals surface area (Å²) in [4.78, 5) is 15.8. The number of hydrogen-bond donors (Lipinski definition) is 2. The van der Waals surface area contributed by atoms with E-state index in [4.69, 9.17) is 0 Å². The quantitative estimate of drug-likeness (QED) is 0.836. The van der Waals surface area contributed by atoms with Crippen molar-refractivity contribution in [1.82, 2.24) is 15.2 Å². The molecular weight excluding hydrogens is 226 g/mol. The van der Waals surface area contributed by atoms with Crippen LogP contribution in [0.1, 0.15) is 10.4 Å². The summed E-state index contributed by atoms with van der Waals surface area (Å²) in [5.74, 6) is 0.417. The SMILES string of the molecule is CNc1cc(C(=O)Nc2nncs2)ccn1. The number of aromatic nitrogens is 3. The van der Waals surface area contributed by atoms with Crippen LogP contribution >= 0.6 is 11.3 Å². The van der Waals surface area contributed by atoms with Crippen LogP contribution in [0, 0.1) is 0 Å². The fourth-order valence-electron chi connectivity index (χ4n) is 1.11. The average molecular weight is 235 g/mol. The van der Waals surface area contributed by atoms with Gasteiger partial charge < -0.3 is 5.32 Å². The molecule has 0 saturated heterocycles. The molecule has 2 aromatic heterocycles. The molecule has 2 N–H and O–H groups in total. The monoisotopic (exact) mass is 235 g/mol. The van der Waals surface area contributed by atoms with Crippen molar-refractivity contribution in [3.8, 4) is 0 Å². The summed E-state index contributed by atoms with van der Waals surface area (Å²) < 4.78 is 0. The van der Waals surface area contributed by atoms with Crippen LogP contribution in [0.3, 0.4) is 0 Å². The zero-order chi connectivity index (χ0) is 11.4. The molecule has 2 heterocycles. The van der Waals surface area contributed by atoms with Gasteiger partial charge in [-0.3, -0.25) is 10.1 Å². The van der Waals surface area contributed by atoms with Gasteiger partial charge in [0.1, 0.15) is 11.3 Å². The third-order valence-corrected chi connectivity index (χ3v) is 2.47. The highest BCUT2D eigenvalue weighted by Crippen LogP contribution is 2.12. The Balaban J connectivity index is 2.14. The lowest BCUT2D eigenvalue weighted by Crippen LogP contribution is -2.12. The number of carbonyl (C=O) groups excluding carboxylic acids is 1. The Labute approximate surface area is 95.7 Å². The highest BCUT2D eigenvalue weighted by Gasteiger charge is 2.08. The Kier molecular flexibility index (Phi) is 3.06. The van der Waals surface area contributed by atoms with E-state index < -0.39 is 0 Å². The molecule has 0 fully saturated rings. The Hall–Kier alpha value is -2.02. The van der Waals surface area contributed by atoms with Gasteiger partial charge in [-0.1, -0.05) is 11.3 Å². The molecule has 0 aliphatic rings. The first-order valence-electron chi connectivity index (χ1n) is 4.51. The Morgan fingerprint density at radius 3 is 3.06 bits per heavy atom. The summed E-state index contributed by atoms with van der Waals surface area (Å²) in [5, 5.41) is 13.3. The molecule has 16 heavy (non-hydrogen) atoms. The molecule has 0 aliphatic heterocycles. The fourth-order valence-corrected chi connectivity index (χ4v) is 1.55. The Bertz CT molecular complexity index is 484. The predicted octanol–water partition coefficient (Wildman–Crippen LogP) is 1.23. The zero-order valence-corrected chi connectivity index (χ0v) is 9.28. The van der Waals surface area contributed by atoms with Crippen LogP contribution in [-0.2, 0) is 0 Å². The van der Waals surface area contributed by atoms with Gasteiger partial charge in [-0.25, -0.2) is 4.98 Å². The van der Waals surface area contributed by atoms with Crippen LogP contribution in [0.2, 0.25) is 0 Å². The minimum Gasteiger partial charge on any atom is -0.373 e. The fraction of sp³-hybridized carbons (Fsp3) is 0.111. The zero-order valence-electron chi connectivity index (χ0n) is 8.47. The summed E-state index contributed by atoms with van der Waals surface area (Å²) in [6, 6.07) is 3.30. The summed E-state index contributed by atoms with van der Waals surface area (Å²) >= 11 is 1.27. The van der Waals surface area contributed by atoms with Crippen molar-refractivity contribution < 1.29 is 4.79 Å². The minimum atomic E-state index is -0.226. The van der Waals surface area contributed by atoms with Crippen LogP contribution < -0.4 is 10.6 Å². The van der Waals surface area contributed by atoms with Crippen LogP contribution in [0.5, 0.6) is 0 Å². The average Bonchev–Trinajstić information content (AvgIpc) is 2.82. The van der Waals surface area contributed by atoms with Crippen molar-refractivity contribution >= 4 is 28.2 Å². The minimum absolute atomic E-state index is 0.226. The number of nitrogens with one attached hydrogen (secondary N) is 2. The number of carbonyl (C=O) groups is 1. The number of pyridine rings is 1. The van der Waals surface area contributed by atoms with Crippen LogP contribution in [0.25, 0.3) is 0 Å². The van der Waals surface area contributed by atoms with Gasteiger partial charge in [0.25, 0.3) is 5.91 Å². The molecule has 0 aromatic carbocycles. The van der Waals surface area contributed by atoms with E-state index in [2.05, 4.69) is 25.8 Å². The van der Waals surface area contributed by atoms with Gasteiger partial charge in [-0.05, 0) is 12.1 Å². The van der Waals surface area contributed by atoms with E-state index in [0.717, 1.165) is 0 Å². The maximum absolute atomic E-state index is 11.8. The molecule has 2 aromatic rings. The van der Waals surface area contributed by atoms with Crippen molar-refractivity contribution in [1.29, 1.82) is 0 Å². The second-order valence-electron chi connectivity index (χ2n) is 2.88. The van der Waals surface area contributed by atoms with E-state index in [1.165, 1.54) is 11.3 Å². The third-order valence-electron chi connectivity index (χ3n) is 1.86. The maximum atomic E-state index is 11.8. The summed E-state index contributed by atoms with van der Waals surface area (Å²) in [6.45, 7) is 0. The maximum Gasteiger partial charge on any atom is 0.257 e. The van der Waals surface area contributed by atoms with Gasteiger partial charge in [0.05, 0.1) is 0 Å². The number of rotatable bonds is 3. The molecular formula is C9H9N5OS. The van der Waals surface area contributed by atoms with E-state index in [-0.39, 0.29) is 5.91 Å². The topological polar surface area (TPSA) is 79.8 Å². The molecule has 0 spiro atoms. The molecule has 0 radical (unpaired) electrons. The van der Waals surface area contributed by atoms with E-state index in [0.29, 0.717) is 16.5 Å². The van der Waals surface area contributed by atoms with Gasteiger partial charge >= 0.3 is 0 Å². The van der Waals surface area contributed by atoms with Crippen molar-refractivity contribution in [2.75, 3.05) is 17.7 Å². The lowest BCUT2D eigenvalue weighted by atomic mass is 10.2. The second-order valence-corrected chi connectivity index (χ2v) is 3.71. The number of nitrogens with zero attached hydrogens (tertiary/aromatic N) is 3. The van der Waals surface area contributed by atoms with Crippen molar-refractivity contribution in [2.24, 2.45) is 0 Å². The largest absolute Gasteiger partial charge is 0.373 e. The van der Waals surface area contributed by atoms with Crippen molar-refractivity contribution in [2.45, 2.75) is 0 Å². The normalized spacial score (nSPS) is 9.81. The summed E-state index contributed by atoms with van der Waals surface area (Å²) in [6.07, 6.45) is 1.57. The van der Waals surface area contributed by atoms with E-state index >= 15 is 0 Å². The molecule has 1 amide bonds. The lowest BCUT2D eigenvalue weighted by molar-refractivity contribution is 0.102. The van der Waals surface area contributed by atoms with E-state index in [1.54, 1.807) is 30.9 Å². The number of amides is 1. The van der Waals surface area contributed by atoms with E-state index in [9.17, 15) is 4.79 Å². The van der Waals surface area contributed by atoms with Gasteiger partial charge in [-0.2, -0.15) is 0 Å². The first kappa shape index (κ1) is 10.5. The smallest absolute Gasteiger partial charge is 0.257 e. The molecule has 2 rings (SSSR count). The van der Waals surface area contributed by atoms with Crippen LogP contribution in [-0.4, -0.2) is 28.1 Å². The highest BCUT2D eigenvalue weighted by molar-refractivity contribution is 7.13. The van der Waals surface area contributed by atoms with Crippen LogP contribution in [0.15, 0.2) is 23.8 Å². The molecule has 0 unspecified atom stereocenters. The van der Waals surface area contributed by atoms with Gasteiger partial charge in [0.2, 0.25) is 5.13 Å². The molecule has 0 saturated carbocycles. The van der Waals surface area contributed by atoms with Crippen LogP contribution in [0.4, 0.5) is 10.9 Å². The highest BCUT2D eigenvalue weighted by atomic mass is 32.1. The lowest BCUT2D eigenvalue weighted by Gasteiger charge is -2.03. The molecule has 6 nitrogen and oxygen atoms in total. The first-order chi connectivity index (χ1) is 7.79. The Morgan fingerprint density at radius 1 is 1.50 bits per heavy atom. The van der Waals surface area contributed by atoms with Crippen molar-refractivity contribution in [3.05, 3.63) is 29.4 Å².